The van der Waals surface area contributed by atoms with Crippen molar-refractivity contribution in [3.8, 4) is 23.4 Å². The van der Waals surface area contributed by atoms with E-state index in [4.69, 9.17) is 42.5 Å². The molecule has 4 aromatic rings. The minimum absolute atomic E-state index is 0.0427. The number of nitrogens with zero attached hydrogens (tertiary/aromatic N) is 6. The molecule has 236 valence electrons. The van der Waals surface area contributed by atoms with Crippen molar-refractivity contribution in [3.63, 3.8) is 0 Å². The van der Waals surface area contributed by atoms with E-state index in [-0.39, 0.29) is 21.4 Å². The van der Waals surface area contributed by atoms with E-state index in [1.54, 1.807) is 62.1 Å². The number of aromatic carboxylic acids is 1. The summed E-state index contributed by atoms with van der Waals surface area (Å²) in [5.41, 5.74) is -0.415. The number of hydrogen-bond acceptors (Lipinski definition) is 9. The van der Waals surface area contributed by atoms with Gasteiger partial charge in [-0.15, -0.1) is 10.2 Å². The third-order valence-electron chi connectivity index (χ3n) is 5.25. The van der Waals surface area contributed by atoms with Gasteiger partial charge >= 0.3 is 11.9 Å². The Morgan fingerprint density at radius 1 is 0.773 bits per heavy atom. The maximum Gasteiger partial charge on any atom is 0.341 e. The third kappa shape index (κ3) is 10.2. The van der Waals surface area contributed by atoms with Gasteiger partial charge in [-0.3, -0.25) is 0 Å². The van der Waals surface area contributed by atoms with Gasteiger partial charge in [0.15, 0.2) is 11.6 Å². The lowest BCUT2D eigenvalue weighted by Gasteiger charge is -2.19. The summed E-state index contributed by atoms with van der Waals surface area (Å²) in [7, 11) is 0. The van der Waals surface area contributed by atoms with Crippen LogP contribution in [0.3, 0.4) is 0 Å². The second-order valence-corrected chi connectivity index (χ2v) is 12.1. The average molecular weight is 648 g/mol. The largest absolute Gasteiger partial charge is 0.478 e. The van der Waals surface area contributed by atoms with Crippen LogP contribution in [0, 0.1) is 11.8 Å². The summed E-state index contributed by atoms with van der Waals surface area (Å²) in [5, 5.41) is 17.4. The molecule has 0 fully saturated rings. The van der Waals surface area contributed by atoms with E-state index in [2.05, 4.69) is 34.0 Å². The van der Waals surface area contributed by atoms with Gasteiger partial charge in [-0.05, 0) is 56.9 Å². The Kier molecular flexibility index (Phi) is 11.7. The van der Waals surface area contributed by atoms with Crippen LogP contribution in [0.4, 0.5) is 0 Å². The summed E-state index contributed by atoms with van der Waals surface area (Å²) in [6, 6.07) is 9.63. The van der Waals surface area contributed by atoms with E-state index in [9.17, 15) is 9.59 Å². The van der Waals surface area contributed by atoms with E-state index in [0.29, 0.717) is 48.4 Å². The van der Waals surface area contributed by atoms with Crippen molar-refractivity contribution in [2.75, 3.05) is 13.2 Å². The van der Waals surface area contributed by atoms with Crippen LogP contribution in [0.2, 0.25) is 10.3 Å². The van der Waals surface area contributed by atoms with E-state index < -0.39 is 17.5 Å². The van der Waals surface area contributed by atoms with Crippen LogP contribution in [0.25, 0.3) is 11.6 Å². The summed E-state index contributed by atoms with van der Waals surface area (Å²) < 4.78 is 19.3. The molecule has 0 aliphatic carbocycles. The topological polar surface area (TPSA) is 143 Å². The molecular weight excluding hydrogens is 611 g/mol. The smallest absolute Gasteiger partial charge is 0.341 e. The van der Waals surface area contributed by atoms with E-state index in [0.717, 1.165) is 0 Å². The van der Waals surface area contributed by atoms with E-state index in [1.165, 1.54) is 16.8 Å². The SMILES string of the molecule is CC(C)COc1ccn(-c2ccc(C(=O)O)c(Cl)n2)n1.CC(C)COc1ccn(-c2ccc(C(=O)OC(C)(C)C)c(Cl)n2)n1. The standard InChI is InChI=1S/C17H22ClN3O3.C13H14ClN3O3/c1-11(2)10-23-14-8-9-21(20-14)13-7-6-12(15(18)19-13)16(22)24-17(3,4)5;1-8(2)7-20-11-5-6-17(16-11)10-4-3-9(13(18)19)12(14)15-10/h6-9,11H,10H2,1-5H3;3-6,8H,7H2,1-2H3,(H,18,19). The number of carbonyl (C=O) groups excluding carboxylic acids is 1. The zero-order valence-corrected chi connectivity index (χ0v) is 27.1. The molecule has 0 atom stereocenters. The van der Waals surface area contributed by atoms with Crippen LogP contribution in [-0.2, 0) is 4.74 Å². The molecule has 4 heterocycles. The van der Waals surface area contributed by atoms with Crippen LogP contribution >= 0.6 is 23.2 Å². The highest BCUT2D eigenvalue weighted by molar-refractivity contribution is 6.32. The first-order chi connectivity index (χ1) is 20.6. The fourth-order valence-corrected chi connectivity index (χ4v) is 3.73. The fourth-order valence-electron chi connectivity index (χ4n) is 3.28. The monoisotopic (exact) mass is 646 g/mol. The fraction of sp³-hybridized carbons (Fsp3) is 0.400. The van der Waals surface area contributed by atoms with E-state index >= 15 is 0 Å². The zero-order valence-electron chi connectivity index (χ0n) is 25.6. The number of carboxylic acids is 1. The molecule has 0 saturated carbocycles. The minimum atomic E-state index is -1.12. The summed E-state index contributed by atoms with van der Waals surface area (Å²) in [6.07, 6.45) is 3.40. The maximum atomic E-state index is 12.1. The summed E-state index contributed by atoms with van der Waals surface area (Å²) >= 11 is 11.9. The van der Waals surface area contributed by atoms with Crippen molar-refractivity contribution in [3.05, 3.63) is 70.2 Å². The Labute approximate surface area is 265 Å². The van der Waals surface area contributed by atoms with Crippen LogP contribution in [0.5, 0.6) is 11.8 Å². The third-order valence-corrected chi connectivity index (χ3v) is 5.82. The normalized spacial score (nSPS) is 11.2. The van der Waals surface area contributed by atoms with Gasteiger partial charge in [0.2, 0.25) is 11.8 Å². The molecule has 0 bridgehead atoms. The van der Waals surface area contributed by atoms with Crippen LogP contribution in [-0.4, -0.2) is 65.4 Å². The van der Waals surface area contributed by atoms with Gasteiger partial charge in [-0.2, -0.15) is 0 Å². The molecule has 0 radical (unpaired) electrons. The predicted octanol–water partition coefficient (Wildman–Crippen LogP) is 6.56. The van der Waals surface area contributed by atoms with Crippen LogP contribution < -0.4 is 9.47 Å². The molecule has 12 nitrogen and oxygen atoms in total. The van der Waals surface area contributed by atoms with Crippen LogP contribution in [0.1, 0.15) is 69.2 Å². The van der Waals surface area contributed by atoms with Crippen molar-refractivity contribution in [1.82, 2.24) is 29.5 Å². The highest BCUT2D eigenvalue weighted by atomic mass is 35.5. The number of halogens is 2. The van der Waals surface area contributed by atoms with Gasteiger partial charge in [0.1, 0.15) is 15.9 Å². The molecule has 4 rings (SSSR count). The molecule has 0 aromatic carbocycles. The molecule has 0 unspecified atom stereocenters. The minimum Gasteiger partial charge on any atom is -0.478 e. The van der Waals surface area contributed by atoms with Gasteiger partial charge in [-0.25, -0.2) is 28.9 Å². The lowest BCUT2D eigenvalue weighted by atomic mass is 10.2. The molecule has 0 aliphatic rings. The number of esters is 1. The Bertz CT molecular complexity index is 1580. The van der Waals surface area contributed by atoms with Gasteiger partial charge in [0, 0.05) is 24.5 Å². The van der Waals surface area contributed by atoms with Crippen molar-refractivity contribution in [2.24, 2.45) is 11.8 Å². The van der Waals surface area contributed by atoms with Crippen molar-refractivity contribution >= 4 is 35.1 Å². The number of carboxylic acid groups (broad SMARTS) is 1. The number of ether oxygens (including phenoxy) is 3. The molecule has 44 heavy (non-hydrogen) atoms. The van der Waals surface area contributed by atoms with Crippen molar-refractivity contribution in [2.45, 2.75) is 54.1 Å². The van der Waals surface area contributed by atoms with Gasteiger partial charge in [0.05, 0.1) is 24.3 Å². The Morgan fingerprint density at radius 2 is 1.20 bits per heavy atom. The second-order valence-electron chi connectivity index (χ2n) is 11.4. The highest BCUT2D eigenvalue weighted by Gasteiger charge is 2.21. The summed E-state index contributed by atoms with van der Waals surface area (Å²) in [6.45, 7) is 14.8. The highest BCUT2D eigenvalue weighted by Crippen LogP contribution is 2.21. The summed E-state index contributed by atoms with van der Waals surface area (Å²) in [5.74, 6) is 1.12. The Morgan fingerprint density at radius 3 is 1.57 bits per heavy atom. The first-order valence-electron chi connectivity index (χ1n) is 13.8. The molecule has 14 heteroatoms. The number of hydrogen-bond donors (Lipinski definition) is 1. The second kappa shape index (κ2) is 15.0. The Hall–Kier alpha value is -4.16. The maximum absolute atomic E-state index is 12.1. The first-order valence-corrected chi connectivity index (χ1v) is 14.6. The first kappa shape index (κ1) is 34.3. The number of rotatable bonds is 10. The molecule has 4 aromatic heterocycles. The molecule has 0 amide bonds. The number of aromatic nitrogens is 6. The number of carbonyl (C=O) groups is 2. The lowest BCUT2D eigenvalue weighted by Crippen LogP contribution is -2.24. The molecular formula is C30H36Cl2N6O6. The van der Waals surface area contributed by atoms with Crippen LogP contribution in [0.15, 0.2) is 48.8 Å². The molecule has 0 aliphatic heterocycles. The lowest BCUT2D eigenvalue weighted by molar-refractivity contribution is 0.00690. The van der Waals surface area contributed by atoms with Gasteiger partial charge in [0.25, 0.3) is 0 Å². The zero-order chi connectivity index (χ0) is 32.6. The van der Waals surface area contributed by atoms with E-state index in [1.807, 2.05) is 13.8 Å². The quantitative estimate of drug-likeness (QED) is 0.148. The predicted molar refractivity (Wildman–Crippen MR) is 166 cm³/mol. The molecule has 1 N–H and O–H groups in total. The molecule has 0 saturated heterocycles. The van der Waals surface area contributed by atoms with Crippen molar-refractivity contribution < 1.29 is 28.9 Å². The Balaban J connectivity index is 0.000000244. The van der Waals surface area contributed by atoms with Gasteiger partial charge in [-0.1, -0.05) is 50.9 Å². The summed E-state index contributed by atoms with van der Waals surface area (Å²) in [4.78, 5) is 31.2. The number of pyridine rings is 2. The van der Waals surface area contributed by atoms with Gasteiger partial charge < -0.3 is 19.3 Å². The molecule has 0 spiro atoms. The van der Waals surface area contributed by atoms with Crippen molar-refractivity contribution in [1.29, 1.82) is 0 Å². The average Bonchev–Trinajstić information content (AvgIpc) is 3.60.